The highest BCUT2D eigenvalue weighted by atomic mass is 32.1. The number of aromatic nitrogens is 4. The Morgan fingerprint density at radius 1 is 1.46 bits per heavy atom. The van der Waals surface area contributed by atoms with E-state index in [1.54, 1.807) is 0 Å². The summed E-state index contributed by atoms with van der Waals surface area (Å²) in [5.74, 6) is 1.43. The summed E-state index contributed by atoms with van der Waals surface area (Å²) in [6.07, 6.45) is 2.45. The smallest absolute Gasteiger partial charge is 0.238 e. The summed E-state index contributed by atoms with van der Waals surface area (Å²) in [6.45, 7) is 4.56. The number of nitrogens with zero attached hydrogens (tertiary/aromatic N) is 3. The van der Waals surface area contributed by atoms with Gasteiger partial charge in [-0.15, -0.1) is 0 Å². The van der Waals surface area contributed by atoms with Crippen LogP contribution < -0.4 is 0 Å². The topological polar surface area (TPSA) is 46.5 Å². The first-order valence-electron chi connectivity index (χ1n) is 4.69. The predicted molar refractivity (Wildman–Crippen MR) is 51.8 cm³/mol. The third-order valence-electron chi connectivity index (χ3n) is 3.25. The van der Waals surface area contributed by atoms with Crippen LogP contribution in [-0.2, 0) is 0 Å². The van der Waals surface area contributed by atoms with E-state index >= 15 is 0 Å². The molecule has 1 heterocycles. The number of nitrogens with one attached hydrogen (secondary N) is 1. The Hall–Kier alpha value is -0.710. The molecule has 0 amide bonds. The molecule has 1 N–H and O–H groups in total. The monoisotopic (exact) mass is 198 g/mol. The molecule has 1 aliphatic carbocycles. The normalized spacial score (nSPS) is 33.8. The molecule has 4 nitrogen and oxygen atoms in total. The molecule has 0 aliphatic heterocycles. The van der Waals surface area contributed by atoms with Crippen LogP contribution in [0.1, 0.15) is 32.7 Å². The fraction of sp³-hybridized carbons (Fsp3) is 0.875. The lowest BCUT2D eigenvalue weighted by molar-refractivity contribution is 0.323. The lowest BCUT2D eigenvalue weighted by Gasteiger charge is -2.17. The minimum atomic E-state index is 0.470. The van der Waals surface area contributed by atoms with Crippen LogP contribution in [0.3, 0.4) is 0 Å². The van der Waals surface area contributed by atoms with Crippen molar-refractivity contribution in [1.82, 2.24) is 20.2 Å². The van der Waals surface area contributed by atoms with Gasteiger partial charge in [0.2, 0.25) is 4.77 Å². The molecule has 13 heavy (non-hydrogen) atoms. The zero-order valence-electron chi connectivity index (χ0n) is 7.90. The predicted octanol–water partition coefficient (Wildman–Crippen LogP) is 1.94. The van der Waals surface area contributed by atoms with Crippen molar-refractivity contribution in [2.24, 2.45) is 11.8 Å². The number of hydrogen-bond acceptors (Lipinski definition) is 3. The quantitative estimate of drug-likeness (QED) is 0.701. The van der Waals surface area contributed by atoms with Crippen molar-refractivity contribution in [2.45, 2.75) is 32.7 Å². The first kappa shape index (κ1) is 8.87. The van der Waals surface area contributed by atoms with Crippen LogP contribution in [0.2, 0.25) is 0 Å². The van der Waals surface area contributed by atoms with Crippen molar-refractivity contribution >= 4 is 12.2 Å². The van der Waals surface area contributed by atoms with E-state index in [1.165, 1.54) is 12.8 Å². The molecule has 3 atom stereocenters. The molecule has 0 aromatic carbocycles. The van der Waals surface area contributed by atoms with Crippen molar-refractivity contribution < 1.29 is 0 Å². The molecule has 3 unspecified atom stereocenters. The van der Waals surface area contributed by atoms with Crippen molar-refractivity contribution in [3.63, 3.8) is 0 Å². The van der Waals surface area contributed by atoms with Crippen molar-refractivity contribution in [3.8, 4) is 0 Å². The lowest BCUT2D eigenvalue weighted by atomic mass is 9.98. The Kier molecular flexibility index (Phi) is 2.19. The fourth-order valence-electron chi connectivity index (χ4n) is 2.12. The second kappa shape index (κ2) is 3.21. The molecule has 0 spiro atoms. The van der Waals surface area contributed by atoms with Crippen LogP contribution in [0.4, 0.5) is 0 Å². The van der Waals surface area contributed by atoms with Crippen LogP contribution in [0, 0.1) is 16.6 Å². The van der Waals surface area contributed by atoms with E-state index in [2.05, 4.69) is 29.4 Å². The summed E-state index contributed by atoms with van der Waals surface area (Å²) < 4.78 is 2.50. The standard InChI is InChI=1S/C8H14N4S/c1-5-3-4-7(6(5)2)12-8(13)9-10-11-12/h5-7H,3-4H2,1-2H3,(H,9,11,13). The van der Waals surface area contributed by atoms with Gasteiger partial charge < -0.3 is 0 Å². The van der Waals surface area contributed by atoms with Crippen molar-refractivity contribution in [2.75, 3.05) is 0 Å². The van der Waals surface area contributed by atoms with E-state index in [0.29, 0.717) is 16.7 Å². The van der Waals surface area contributed by atoms with Gasteiger partial charge >= 0.3 is 0 Å². The molecule has 0 radical (unpaired) electrons. The molecular weight excluding hydrogens is 184 g/mol. The SMILES string of the molecule is CC1CCC(n2[nH]nnc2=S)C1C. The summed E-state index contributed by atoms with van der Waals surface area (Å²) in [5.41, 5.74) is 0. The molecule has 1 saturated carbocycles. The highest BCUT2D eigenvalue weighted by molar-refractivity contribution is 7.71. The maximum absolute atomic E-state index is 5.07. The summed E-state index contributed by atoms with van der Waals surface area (Å²) in [7, 11) is 0. The highest BCUT2D eigenvalue weighted by Gasteiger charge is 2.31. The average Bonchev–Trinajstić information content (AvgIpc) is 2.62. The van der Waals surface area contributed by atoms with Crippen LogP contribution in [-0.4, -0.2) is 20.2 Å². The molecular formula is C8H14N4S. The van der Waals surface area contributed by atoms with Gasteiger partial charge in [0.05, 0.1) is 6.04 Å². The van der Waals surface area contributed by atoms with Gasteiger partial charge in [-0.25, -0.2) is 4.68 Å². The second-order valence-corrected chi connectivity index (χ2v) is 4.30. The molecule has 0 bridgehead atoms. The Labute approximate surface area is 82.3 Å². The van der Waals surface area contributed by atoms with Gasteiger partial charge in [-0.2, -0.15) is 5.21 Å². The number of rotatable bonds is 1. The number of tetrazole rings is 1. The van der Waals surface area contributed by atoms with Gasteiger partial charge in [0.25, 0.3) is 0 Å². The van der Waals surface area contributed by atoms with Crippen molar-refractivity contribution in [3.05, 3.63) is 4.77 Å². The number of H-pyrrole nitrogens is 1. The zero-order chi connectivity index (χ0) is 9.42. The molecule has 5 heteroatoms. The zero-order valence-corrected chi connectivity index (χ0v) is 8.71. The summed E-state index contributed by atoms with van der Waals surface area (Å²) in [6, 6.07) is 0.470. The van der Waals surface area contributed by atoms with E-state index < -0.39 is 0 Å². The van der Waals surface area contributed by atoms with Crippen LogP contribution in [0.25, 0.3) is 0 Å². The molecule has 1 aromatic heterocycles. The van der Waals surface area contributed by atoms with Gasteiger partial charge in [0.1, 0.15) is 0 Å². The molecule has 1 aliphatic rings. The molecule has 1 aromatic rings. The van der Waals surface area contributed by atoms with Gasteiger partial charge in [-0.05, 0) is 36.9 Å². The van der Waals surface area contributed by atoms with Crippen LogP contribution in [0.15, 0.2) is 0 Å². The minimum Gasteiger partial charge on any atom is -0.239 e. The summed E-state index contributed by atoms with van der Waals surface area (Å²) >= 11 is 5.07. The summed E-state index contributed by atoms with van der Waals surface area (Å²) in [5, 5.41) is 10.4. The highest BCUT2D eigenvalue weighted by Crippen LogP contribution is 2.39. The first-order chi connectivity index (χ1) is 6.20. The number of aromatic amines is 1. The Balaban J connectivity index is 2.28. The fourth-order valence-corrected chi connectivity index (χ4v) is 2.34. The third kappa shape index (κ3) is 1.41. The van der Waals surface area contributed by atoms with E-state index in [1.807, 2.05) is 4.68 Å². The second-order valence-electron chi connectivity index (χ2n) is 3.93. The van der Waals surface area contributed by atoms with Crippen LogP contribution >= 0.6 is 12.2 Å². The molecule has 0 saturated heterocycles. The maximum Gasteiger partial charge on any atom is 0.238 e. The number of hydrogen-bond donors (Lipinski definition) is 1. The van der Waals surface area contributed by atoms with E-state index in [4.69, 9.17) is 12.2 Å². The molecule has 72 valence electrons. The average molecular weight is 198 g/mol. The van der Waals surface area contributed by atoms with Gasteiger partial charge in [-0.3, -0.25) is 0 Å². The Morgan fingerprint density at radius 3 is 2.69 bits per heavy atom. The van der Waals surface area contributed by atoms with Crippen molar-refractivity contribution in [1.29, 1.82) is 0 Å². The summed E-state index contributed by atoms with van der Waals surface area (Å²) in [4.78, 5) is 0. The Morgan fingerprint density at radius 2 is 2.23 bits per heavy atom. The first-order valence-corrected chi connectivity index (χ1v) is 5.10. The third-order valence-corrected chi connectivity index (χ3v) is 3.53. The molecule has 1 fully saturated rings. The minimum absolute atomic E-state index is 0.470. The van der Waals surface area contributed by atoms with Gasteiger partial charge in [0, 0.05) is 0 Å². The maximum atomic E-state index is 5.07. The Bertz CT molecular complexity index is 342. The van der Waals surface area contributed by atoms with Gasteiger partial charge in [-0.1, -0.05) is 24.2 Å². The van der Waals surface area contributed by atoms with Gasteiger partial charge in [0.15, 0.2) is 0 Å². The lowest BCUT2D eigenvalue weighted by Crippen LogP contribution is -2.16. The van der Waals surface area contributed by atoms with Crippen LogP contribution in [0.5, 0.6) is 0 Å². The van der Waals surface area contributed by atoms with E-state index in [0.717, 1.165) is 5.92 Å². The largest absolute Gasteiger partial charge is 0.239 e. The van der Waals surface area contributed by atoms with E-state index in [9.17, 15) is 0 Å². The van der Waals surface area contributed by atoms with E-state index in [-0.39, 0.29) is 0 Å². The molecule has 2 rings (SSSR count).